The highest BCUT2D eigenvalue weighted by atomic mass is 35.5. The Kier molecular flexibility index (Phi) is 7.63. The van der Waals surface area contributed by atoms with E-state index in [9.17, 15) is 4.39 Å². The normalized spacial score (nSPS) is 11.0. The van der Waals surface area contributed by atoms with Gasteiger partial charge in [-0.2, -0.15) is 0 Å². The molecule has 1 heterocycles. The molecule has 0 bridgehead atoms. The maximum absolute atomic E-state index is 13.1. The fourth-order valence-electron chi connectivity index (χ4n) is 3.28. The lowest BCUT2D eigenvalue weighted by atomic mass is 10.2. The minimum Gasteiger partial charge on any atom is -0.494 e. The second-order valence-corrected chi connectivity index (χ2v) is 6.86. The second kappa shape index (κ2) is 10.6. The molecule has 3 nitrogen and oxygen atoms in total. The van der Waals surface area contributed by atoms with Crippen molar-refractivity contribution in [2.45, 2.75) is 19.4 Å². The van der Waals surface area contributed by atoms with Gasteiger partial charge in [0, 0.05) is 6.54 Å². The Bertz CT molecular complexity index is 1090. The number of para-hydroxylation sites is 3. The van der Waals surface area contributed by atoms with E-state index in [0.29, 0.717) is 6.61 Å². The van der Waals surface area contributed by atoms with Gasteiger partial charge >= 0.3 is 0 Å². The third-order valence-corrected chi connectivity index (χ3v) is 4.77. The Morgan fingerprint density at radius 2 is 1.57 bits per heavy atom. The lowest BCUT2D eigenvalue weighted by Crippen LogP contribution is -2.04. The maximum atomic E-state index is 13.1. The number of hydrogen-bond acceptors (Lipinski definition) is 2. The van der Waals surface area contributed by atoms with E-state index in [2.05, 4.69) is 10.6 Å². The molecule has 0 amide bonds. The number of fused-ring (bicyclic) bond motifs is 1. The van der Waals surface area contributed by atoms with Crippen LogP contribution in [0, 0.1) is 5.82 Å². The Morgan fingerprint density at radius 3 is 2.37 bits per heavy atom. The van der Waals surface area contributed by atoms with Crippen molar-refractivity contribution in [1.29, 1.82) is 0 Å². The van der Waals surface area contributed by atoms with Gasteiger partial charge in [0.05, 0.1) is 17.6 Å². The summed E-state index contributed by atoms with van der Waals surface area (Å²) in [7, 11) is 0. The molecule has 0 fully saturated rings. The van der Waals surface area contributed by atoms with Crippen LogP contribution in [0.4, 0.5) is 4.39 Å². The summed E-state index contributed by atoms with van der Waals surface area (Å²) in [4.78, 5) is 4.76. The van der Waals surface area contributed by atoms with Crippen LogP contribution in [0.5, 0.6) is 5.75 Å². The first kappa shape index (κ1) is 21.6. The van der Waals surface area contributed by atoms with Gasteiger partial charge < -0.3 is 9.30 Å². The number of aryl methyl sites for hydroxylation is 1. The van der Waals surface area contributed by atoms with Crippen molar-refractivity contribution in [2.24, 2.45) is 0 Å². The molecule has 0 aliphatic heterocycles. The Morgan fingerprint density at radius 1 is 0.833 bits per heavy atom. The number of ether oxygens (including phenoxy) is 1. The molecule has 5 heteroatoms. The van der Waals surface area contributed by atoms with E-state index in [1.807, 2.05) is 60.7 Å². The predicted octanol–water partition coefficient (Wildman–Crippen LogP) is 6.63. The smallest absolute Gasteiger partial charge is 0.133 e. The number of nitrogens with zero attached hydrogens (tertiary/aromatic N) is 2. The zero-order chi connectivity index (χ0) is 19.9. The lowest BCUT2D eigenvalue weighted by molar-refractivity contribution is 0.303. The molecule has 0 N–H and O–H groups in total. The fourth-order valence-corrected chi connectivity index (χ4v) is 3.28. The molecule has 3 aromatic carbocycles. The number of hydrogen-bond donors (Lipinski definition) is 0. The van der Waals surface area contributed by atoms with Gasteiger partial charge in [-0.05, 0) is 60.9 Å². The lowest BCUT2D eigenvalue weighted by Gasteiger charge is -2.09. The Balaban J connectivity index is 0.00000256. The molecule has 30 heavy (non-hydrogen) atoms. The highest BCUT2D eigenvalue weighted by Gasteiger charge is 2.08. The summed E-state index contributed by atoms with van der Waals surface area (Å²) in [5.41, 5.74) is 3.04. The van der Waals surface area contributed by atoms with E-state index >= 15 is 0 Å². The van der Waals surface area contributed by atoms with Crippen molar-refractivity contribution in [3.63, 3.8) is 0 Å². The zero-order valence-corrected chi connectivity index (χ0v) is 17.4. The summed E-state index contributed by atoms with van der Waals surface area (Å²) in [5, 5.41) is 0. The van der Waals surface area contributed by atoms with Gasteiger partial charge in [-0.1, -0.05) is 48.5 Å². The van der Waals surface area contributed by atoms with Crippen LogP contribution in [0.3, 0.4) is 0 Å². The Hall–Kier alpha value is -3.11. The van der Waals surface area contributed by atoms with Crippen molar-refractivity contribution in [3.8, 4) is 5.75 Å². The first-order valence-electron chi connectivity index (χ1n) is 9.86. The van der Waals surface area contributed by atoms with Gasteiger partial charge in [0.2, 0.25) is 0 Å². The second-order valence-electron chi connectivity index (χ2n) is 6.86. The third kappa shape index (κ3) is 5.49. The van der Waals surface area contributed by atoms with Crippen LogP contribution < -0.4 is 4.74 Å². The van der Waals surface area contributed by atoms with Crippen LogP contribution in [0.25, 0.3) is 23.2 Å². The summed E-state index contributed by atoms with van der Waals surface area (Å²) in [6.07, 6.45) is 5.91. The first-order valence-corrected chi connectivity index (χ1v) is 9.86. The van der Waals surface area contributed by atoms with Gasteiger partial charge in [-0.25, -0.2) is 9.37 Å². The van der Waals surface area contributed by atoms with Gasteiger partial charge in [0.1, 0.15) is 17.4 Å². The molecule has 1 aromatic heterocycles. The van der Waals surface area contributed by atoms with E-state index < -0.39 is 0 Å². The van der Waals surface area contributed by atoms with Gasteiger partial charge in [-0.15, -0.1) is 12.4 Å². The standard InChI is InChI=1S/C25H23FN2O.ClH/c26-21-15-12-20(13-16-21)14-17-25-27-23-10-4-5-11-24(23)28(25)18-6-7-19-29-22-8-2-1-3-9-22;/h1-5,8-17H,6-7,18-19H2;1H. The van der Waals surface area contributed by atoms with E-state index in [4.69, 9.17) is 9.72 Å². The van der Waals surface area contributed by atoms with Crippen molar-refractivity contribution in [2.75, 3.05) is 6.61 Å². The molecule has 154 valence electrons. The monoisotopic (exact) mass is 422 g/mol. The molecule has 0 aliphatic rings. The van der Waals surface area contributed by atoms with Crippen LogP contribution in [0.2, 0.25) is 0 Å². The highest BCUT2D eigenvalue weighted by molar-refractivity contribution is 5.85. The van der Waals surface area contributed by atoms with Crippen LogP contribution >= 0.6 is 12.4 Å². The van der Waals surface area contributed by atoms with Gasteiger partial charge in [0.15, 0.2) is 0 Å². The minimum atomic E-state index is -0.230. The molecule has 0 unspecified atom stereocenters. The zero-order valence-electron chi connectivity index (χ0n) is 16.6. The van der Waals surface area contributed by atoms with E-state index in [0.717, 1.165) is 47.6 Å². The fraction of sp³-hybridized carbons (Fsp3) is 0.160. The summed E-state index contributed by atoms with van der Waals surface area (Å²) in [6, 6.07) is 24.5. The molecule has 0 saturated carbocycles. The number of halogens is 2. The van der Waals surface area contributed by atoms with Gasteiger partial charge in [-0.3, -0.25) is 0 Å². The highest BCUT2D eigenvalue weighted by Crippen LogP contribution is 2.19. The molecule has 0 radical (unpaired) electrons. The number of unbranched alkanes of at least 4 members (excludes halogenated alkanes) is 1. The predicted molar refractivity (Wildman–Crippen MR) is 123 cm³/mol. The summed E-state index contributed by atoms with van der Waals surface area (Å²) >= 11 is 0. The van der Waals surface area contributed by atoms with Crippen molar-refractivity contribution < 1.29 is 9.13 Å². The molecule has 0 aliphatic carbocycles. The number of imidazole rings is 1. The van der Waals surface area contributed by atoms with Crippen LogP contribution in [-0.4, -0.2) is 16.2 Å². The average Bonchev–Trinajstić information content (AvgIpc) is 3.11. The quantitative estimate of drug-likeness (QED) is 0.298. The maximum Gasteiger partial charge on any atom is 0.133 e. The summed E-state index contributed by atoms with van der Waals surface area (Å²) < 4.78 is 21.1. The van der Waals surface area contributed by atoms with E-state index in [1.54, 1.807) is 12.1 Å². The van der Waals surface area contributed by atoms with Gasteiger partial charge in [0.25, 0.3) is 0 Å². The minimum absolute atomic E-state index is 0. The first-order chi connectivity index (χ1) is 14.3. The largest absolute Gasteiger partial charge is 0.494 e. The number of benzene rings is 3. The van der Waals surface area contributed by atoms with Crippen molar-refractivity contribution in [1.82, 2.24) is 9.55 Å². The molecular formula is C25H24ClFN2O. The molecule has 0 saturated heterocycles. The topological polar surface area (TPSA) is 27.1 Å². The Labute approximate surface area is 182 Å². The molecule has 4 rings (SSSR count). The van der Waals surface area contributed by atoms with Crippen molar-refractivity contribution >= 4 is 35.6 Å². The molecule has 0 spiro atoms. The third-order valence-electron chi connectivity index (χ3n) is 4.77. The summed E-state index contributed by atoms with van der Waals surface area (Å²) in [5.74, 6) is 1.58. The van der Waals surface area contributed by atoms with Crippen LogP contribution in [0.1, 0.15) is 24.2 Å². The van der Waals surface area contributed by atoms with Crippen LogP contribution in [0.15, 0.2) is 78.9 Å². The van der Waals surface area contributed by atoms with Crippen molar-refractivity contribution in [3.05, 3.63) is 96.1 Å². The number of rotatable bonds is 8. The summed E-state index contributed by atoms with van der Waals surface area (Å²) in [6.45, 7) is 1.55. The molecular weight excluding hydrogens is 399 g/mol. The average molecular weight is 423 g/mol. The van der Waals surface area contributed by atoms with E-state index in [-0.39, 0.29) is 18.2 Å². The molecule has 0 atom stereocenters. The SMILES string of the molecule is Cl.Fc1ccc(C=Cc2nc3ccccc3n2CCCCOc2ccccc2)cc1. The number of aromatic nitrogens is 2. The van der Waals surface area contributed by atoms with Crippen LogP contribution in [-0.2, 0) is 6.54 Å². The molecule has 4 aromatic rings. The van der Waals surface area contributed by atoms with E-state index in [1.165, 1.54) is 12.1 Å².